The van der Waals surface area contributed by atoms with Gasteiger partial charge in [0.1, 0.15) is 17.6 Å². The maximum Gasteiger partial charge on any atom is 0.418 e. The van der Waals surface area contributed by atoms with Gasteiger partial charge in [0.05, 0.1) is 40.1 Å². The number of nitrogens with zero attached hydrogens (tertiary/aromatic N) is 2. The van der Waals surface area contributed by atoms with E-state index in [0.29, 0.717) is 10.4 Å². The number of esters is 1. The first-order valence-corrected chi connectivity index (χ1v) is 15.8. The van der Waals surface area contributed by atoms with Crippen molar-refractivity contribution in [3.8, 4) is 0 Å². The first kappa shape index (κ1) is 32.2. The molecule has 0 bridgehead atoms. The first-order valence-electron chi connectivity index (χ1n) is 14.2. The Balaban J connectivity index is 1.36. The Morgan fingerprint density at radius 3 is 2.28 bits per heavy atom. The van der Waals surface area contributed by atoms with Crippen LogP contribution in [0.5, 0.6) is 0 Å². The monoisotopic (exact) mass is 685 g/mol. The molecule has 9 nitrogen and oxygen atoms in total. The van der Waals surface area contributed by atoms with Crippen LogP contribution in [0, 0.1) is 11.7 Å². The number of para-hydroxylation sites is 1. The molecule has 1 N–H and O–H groups in total. The second-order valence-corrected chi connectivity index (χ2v) is 12.7. The third kappa shape index (κ3) is 5.96. The molecule has 242 valence electrons. The van der Waals surface area contributed by atoms with Crippen LogP contribution >= 0.6 is 23.1 Å². The third-order valence-electron chi connectivity index (χ3n) is 7.72. The Morgan fingerprint density at radius 2 is 1.62 bits per heavy atom. The molecule has 0 saturated carbocycles. The van der Waals surface area contributed by atoms with Crippen LogP contribution in [0.3, 0.4) is 0 Å². The lowest BCUT2D eigenvalue weighted by Crippen LogP contribution is -2.33. The Hall–Kier alpha value is -4.76. The number of benzene rings is 3. The van der Waals surface area contributed by atoms with E-state index < -0.39 is 75.4 Å². The maximum absolute atomic E-state index is 14.0. The van der Waals surface area contributed by atoms with Gasteiger partial charge in [0.25, 0.3) is 0 Å². The van der Waals surface area contributed by atoms with Crippen LogP contribution in [0.25, 0.3) is 0 Å². The second kappa shape index (κ2) is 12.4. The molecule has 4 aromatic rings. The fraction of sp³-hybridized carbons (Fsp3) is 0.219. The van der Waals surface area contributed by atoms with Gasteiger partial charge in [0.2, 0.25) is 17.7 Å². The van der Waals surface area contributed by atoms with E-state index in [1.165, 1.54) is 60.7 Å². The van der Waals surface area contributed by atoms with E-state index in [2.05, 4.69) is 5.32 Å². The number of carbonyl (C=O) groups is 4. The highest BCUT2D eigenvalue weighted by atomic mass is 32.2. The number of halogens is 4. The SMILES string of the molecule is CCOC(=O)c1ccc(N2C(=O)C3Sc4c(sc(=O)n4CC(=O)Nc4ccccc4C(F)(F)F)[C@H](c4ccc(F)cc4)C3C2=O)cc1. The van der Waals surface area contributed by atoms with Crippen LogP contribution in [0.4, 0.5) is 28.9 Å². The summed E-state index contributed by atoms with van der Waals surface area (Å²) in [6, 6.07) is 15.4. The quantitative estimate of drug-likeness (QED) is 0.151. The molecule has 0 aliphatic carbocycles. The molecule has 3 heterocycles. The normalized spacial score (nSPS) is 18.9. The number of thioether (sulfide) groups is 1. The largest absolute Gasteiger partial charge is 0.462 e. The first-order chi connectivity index (χ1) is 22.4. The molecule has 0 radical (unpaired) electrons. The summed E-state index contributed by atoms with van der Waals surface area (Å²) in [5, 5.41) is 1.36. The van der Waals surface area contributed by atoms with Gasteiger partial charge in [0.15, 0.2) is 0 Å². The maximum atomic E-state index is 14.0. The molecule has 3 amide bonds. The summed E-state index contributed by atoms with van der Waals surface area (Å²) in [4.78, 5) is 67.1. The number of aromatic nitrogens is 1. The molecular weight excluding hydrogens is 662 g/mol. The minimum absolute atomic E-state index is 0.159. The number of alkyl halides is 3. The highest BCUT2D eigenvalue weighted by molar-refractivity contribution is 8.00. The van der Waals surface area contributed by atoms with Crippen molar-refractivity contribution in [1.29, 1.82) is 0 Å². The predicted octanol–water partition coefficient (Wildman–Crippen LogP) is 5.68. The number of imide groups is 1. The fourth-order valence-corrected chi connectivity index (χ4v) is 8.45. The molecule has 3 aromatic carbocycles. The number of thiazole rings is 1. The number of nitrogens with one attached hydrogen (secondary N) is 1. The average molecular weight is 686 g/mol. The molecule has 15 heteroatoms. The zero-order chi connectivity index (χ0) is 33.6. The summed E-state index contributed by atoms with van der Waals surface area (Å²) in [6.45, 7) is 1.15. The van der Waals surface area contributed by atoms with E-state index >= 15 is 0 Å². The van der Waals surface area contributed by atoms with Gasteiger partial charge < -0.3 is 10.1 Å². The summed E-state index contributed by atoms with van der Waals surface area (Å²) in [7, 11) is 0. The van der Waals surface area contributed by atoms with Gasteiger partial charge in [-0.1, -0.05) is 47.4 Å². The minimum atomic E-state index is -4.74. The number of anilines is 2. The van der Waals surface area contributed by atoms with Crippen molar-refractivity contribution in [3.63, 3.8) is 0 Å². The number of rotatable bonds is 7. The van der Waals surface area contributed by atoms with Crippen LogP contribution in [0.2, 0.25) is 0 Å². The van der Waals surface area contributed by atoms with Gasteiger partial charge >= 0.3 is 17.0 Å². The van der Waals surface area contributed by atoms with Crippen molar-refractivity contribution in [1.82, 2.24) is 4.57 Å². The van der Waals surface area contributed by atoms with E-state index in [4.69, 9.17) is 4.74 Å². The second-order valence-electron chi connectivity index (χ2n) is 10.6. The molecule has 47 heavy (non-hydrogen) atoms. The van der Waals surface area contributed by atoms with E-state index in [1.54, 1.807) is 6.92 Å². The molecule has 3 atom stereocenters. The van der Waals surface area contributed by atoms with Crippen molar-refractivity contribution in [2.45, 2.75) is 35.8 Å². The molecule has 2 unspecified atom stereocenters. The smallest absolute Gasteiger partial charge is 0.418 e. The number of hydrogen-bond donors (Lipinski definition) is 1. The Bertz CT molecular complexity index is 1960. The summed E-state index contributed by atoms with van der Waals surface area (Å²) in [5.41, 5.74) is -0.690. The predicted molar refractivity (Wildman–Crippen MR) is 165 cm³/mol. The summed E-state index contributed by atoms with van der Waals surface area (Å²) in [5.74, 6) is -5.13. The highest BCUT2D eigenvalue weighted by Crippen LogP contribution is 2.54. The molecular formula is C32H23F4N3O6S2. The number of amides is 3. The Morgan fingerprint density at radius 1 is 0.936 bits per heavy atom. The molecule has 6 rings (SSSR count). The van der Waals surface area contributed by atoms with Gasteiger partial charge in [-0.2, -0.15) is 13.2 Å². The van der Waals surface area contributed by atoms with E-state index in [9.17, 15) is 41.5 Å². The van der Waals surface area contributed by atoms with Gasteiger partial charge in [0, 0.05) is 10.8 Å². The van der Waals surface area contributed by atoms with Crippen LogP contribution in [0.1, 0.15) is 39.2 Å². The molecule has 1 saturated heterocycles. The fourth-order valence-electron chi connectivity index (χ4n) is 5.67. The zero-order valence-electron chi connectivity index (χ0n) is 24.2. The number of fused-ring (bicyclic) bond motifs is 2. The van der Waals surface area contributed by atoms with Crippen LogP contribution < -0.4 is 15.1 Å². The van der Waals surface area contributed by atoms with E-state index in [1.807, 2.05) is 0 Å². The van der Waals surface area contributed by atoms with Gasteiger partial charge in [-0.15, -0.1) is 0 Å². The summed E-state index contributed by atoms with van der Waals surface area (Å²) in [6.07, 6.45) is -4.74. The molecule has 1 fully saturated rings. The molecule has 1 aromatic heterocycles. The van der Waals surface area contributed by atoms with Gasteiger partial charge in [-0.05, 0) is 61.0 Å². The third-order valence-corrected chi connectivity index (χ3v) is 10.3. The van der Waals surface area contributed by atoms with Crippen molar-refractivity contribution < 1.29 is 41.5 Å². The van der Waals surface area contributed by atoms with Crippen molar-refractivity contribution in [2.24, 2.45) is 5.92 Å². The lowest BCUT2D eigenvalue weighted by Gasteiger charge is -2.30. The van der Waals surface area contributed by atoms with Crippen LogP contribution in [0.15, 0.2) is 82.6 Å². The molecule has 0 spiro atoms. The van der Waals surface area contributed by atoms with Crippen LogP contribution in [-0.2, 0) is 31.8 Å². The van der Waals surface area contributed by atoms with Gasteiger partial charge in [-0.3, -0.25) is 23.7 Å². The lowest BCUT2D eigenvalue weighted by atomic mass is 9.83. The van der Waals surface area contributed by atoms with Crippen molar-refractivity contribution >= 4 is 58.2 Å². The zero-order valence-corrected chi connectivity index (χ0v) is 25.9. The average Bonchev–Trinajstić information content (AvgIpc) is 3.47. The number of hydrogen-bond acceptors (Lipinski definition) is 8. The number of ether oxygens (including phenoxy) is 1. The Kier molecular flexibility index (Phi) is 8.53. The van der Waals surface area contributed by atoms with E-state index in [-0.39, 0.29) is 22.9 Å². The van der Waals surface area contributed by atoms with Crippen molar-refractivity contribution in [2.75, 3.05) is 16.8 Å². The Labute approximate surface area is 272 Å². The molecule has 2 aliphatic heterocycles. The highest BCUT2D eigenvalue weighted by Gasteiger charge is 2.57. The standard InChI is InChI=1S/C32H23F4N3O6S2/c1-2-45-30(43)17-9-13-19(14-10-17)39-27(41)24-23(16-7-11-18(33)12-8-16)26-29(46-25(24)28(39)42)38(31(44)47-26)15-22(40)37-21-6-4-3-5-20(21)32(34,35)36/h3-14,23-25H,2,15H2,1H3,(H,37,40)/t23-,24?,25?/m1/s1. The van der Waals surface area contributed by atoms with Crippen LogP contribution in [-0.4, -0.2) is 40.1 Å². The summed E-state index contributed by atoms with van der Waals surface area (Å²) < 4.78 is 60.5. The summed E-state index contributed by atoms with van der Waals surface area (Å²) >= 11 is 1.65. The number of carbonyl (C=O) groups excluding carboxylic acids is 4. The molecule has 2 aliphatic rings. The lowest BCUT2D eigenvalue weighted by molar-refractivity contribution is -0.137. The van der Waals surface area contributed by atoms with E-state index in [0.717, 1.165) is 44.7 Å². The van der Waals surface area contributed by atoms with Gasteiger partial charge in [-0.25, -0.2) is 14.1 Å². The minimum Gasteiger partial charge on any atom is -0.462 e. The topological polar surface area (TPSA) is 115 Å². The van der Waals surface area contributed by atoms with Crippen molar-refractivity contribution in [3.05, 3.63) is 110 Å².